The molecule has 2 aromatic carbocycles. The third-order valence-corrected chi connectivity index (χ3v) is 4.45. The van der Waals surface area contributed by atoms with Crippen LogP contribution in [-0.2, 0) is 22.6 Å². The molecule has 0 atom stereocenters. The molecule has 1 fully saturated rings. The quantitative estimate of drug-likeness (QED) is 0.804. The van der Waals surface area contributed by atoms with Crippen molar-refractivity contribution in [1.29, 1.82) is 0 Å². The molecule has 0 aliphatic heterocycles. The van der Waals surface area contributed by atoms with E-state index in [4.69, 9.17) is 4.74 Å². The van der Waals surface area contributed by atoms with E-state index in [9.17, 15) is 9.59 Å². The predicted octanol–water partition coefficient (Wildman–Crippen LogP) is 3.21. The third-order valence-electron chi connectivity index (χ3n) is 4.45. The summed E-state index contributed by atoms with van der Waals surface area (Å²) in [6.07, 6.45) is 2.25. The molecule has 0 spiro atoms. The van der Waals surface area contributed by atoms with Gasteiger partial charge in [-0.1, -0.05) is 29.8 Å². The Balaban J connectivity index is 1.51. The van der Waals surface area contributed by atoms with Gasteiger partial charge < -0.3 is 15.4 Å². The van der Waals surface area contributed by atoms with Gasteiger partial charge in [-0.25, -0.2) is 0 Å². The zero-order valence-corrected chi connectivity index (χ0v) is 15.2. The van der Waals surface area contributed by atoms with Crippen LogP contribution in [0.4, 0.5) is 5.69 Å². The molecule has 1 aliphatic rings. The summed E-state index contributed by atoms with van der Waals surface area (Å²) in [5, 5.41) is 5.83. The average Bonchev–Trinajstić information content (AvgIpc) is 3.46. The van der Waals surface area contributed by atoms with Crippen LogP contribution < -0.4 is 15.4 Å². The third kappa shape index (κ3) is 4.85. The van der Waals surface area contributed by atoms with E-state index in [-0.39, 0.29) is 24.2 Å². The van der Waals surface area contributed by atoms with Crippen molar-refractivity contribution in [3.05, 3.63) is 59.2 Å². The van der Waals surface area contributed by atoms with Gasteiger partial charge in [-0.3, -0.25) is 9.59 Å². The van der Waals surface area contributed by atoms with E-state index >= 15 is 0 Å². The van der Waals surface area contributed by atoms with Gasteiger partial charge in [0, 0.05) is 23.7 Å². The van der Waals surface area contributed by atoms with Crippen molar-refractivity contribution in [3.8, 4) is 5.75 Å². The molecule has 0 radical (unpaired) electrons. The van der Waals surface area contributed by atoms with Crippen LogP contribution in [0.5, 0.6) is 5.75 Å². The number of ether oxygens (including phenoxy) is 1. The highest BCUT2D eigenvalue weighted by Gasteiger charge is 2.29. The second-order valence-electron chi connectivity index (χ2n) is 6.73. The minimum Gasteiger partial charge on any atom is -0.496 e. The maximum atomic E-state index is 12.2. The summed E-state index contributed by atoms with van der Waals surface area (Å²) in [7, 11) is 1.61. The monoisotopic (exact) mass is 352 g/mol. The van der Waals surface area contributed by atoms with E-state index in [1.807, 2.05) is 49.4 Å². The highest BCUT2D eigenvalue weighted by atomic mass is 16.5. The molecule has 5 nitrogen and oxygen atoms in total. The number of hydrogen-bond donors (Lipinski definition) is 2. The average molecular weight is 352 g/mol. The molecule has 2 amide bonds. The number of anilines is 1. The lowest BCUT2D eigenvalue weighted by atomic mass is 10.1. The van der Waals surface area contributed by atoms with Crippen molar-refractivity contribution in [1.82, 2.24) is 5.32 Å². The van der Waals surface area contributed by atoms with Crippen LogP contribution in [0.3, 0.4) is 0 Å². The Bertz CT molecular complexity index is 795. The first-order valence-electron chi connectivity index (χ1n) is 8.85. The summed E-state index contributed by atoms with van der Waals surface area (Å²) < 4.78 is 5.32. The van der Waals surface area contributed by atoms with Crippen molar-refractivity contribution >= 4 is 17.5 Å². The first kappa shape index (κ1) is 18.0. The lowest BCUT2D eigenvalue weighted by Gasteiger charge is -2.10. The molecule has 2 aromatic rings. The Hall–Kier alpha value is -2.82. The highest BCUT2D eigenvalue weighted by Crippen LogP contribution is 2.30. The van der Waals surface area contributed by atoms with Crippen molar-refractivity contribution < 1.29 is 14.3 Å². The van der Waals surface area contributed by atoms with Gasteiger partial charge in [0.05, 0.1) is 13.5 Å². The van der Waals surface area contributed by atoms with Crippen LogP contribution >= 0.6 is 0 Å². The number of methoxy groups -OCH3 is 1. The Labute approximate surface area is 153 Å². The van der Waals surface area contributed by atoms with Gasteiger partial charge in [0.15, 0.2) is 0 Å². The van der Waals surface area contributed by atoms with Gasteiger partial charge in [0.2, 0.25) is 11.8 Å². The molecule has 1 aliphatic carbocycles. The number of aryl methyl sites for hydroxylation is 1. The van der Waals surface area contributed by atoms with Crippen molar-refractivity contribution in [2.24, 2.45) is 5.92 Å². The summed E-state index contributed by atoms with van der Waals surface area (Å²) in [6.45, 7) is 2.44. The normalized spacial score (nSPS) is 13.2. The van der Waals surface area contributed by atoms with E-state index in [0.29, 0.717) is 6.54 Å². The molecule has 5 heteroatoms. The summed E-state index contributed by atoms with van der Waals surface area (Å²) in [5.74, 6) is 0.951. The largest absolute Gasteiger partial charge is 0.496 e. The number of amides is 2. The molecule has 1 saturated carbocycles. The number of carbonyl (C=O) groups is 2. The zero-order valence-electron chi connectivity index (χ0n) is 15.2. The Kier molecular flexibility index (Phi) is 5.56. The fourth-order valence-electron chi connectivity index (χ4n) is 2.78. The lowest BCUT2D eigenvalue weighted by molar-refractivity contribution is -0.120. The van der Waals surface area contributed by atoms with Gasteiger partial charge in [-0.15, -0.1) is 0 Å². The maximum Gasteiger partial charge on any atom is 0.227 e. The number of rotatable bonds is 7. The minimum absolute atomic E-state index is 0.0555. The zero-order chi connectivity index (χ0) is 18.5. The SMILES string of the molecule is COc1ccc(C)cc1CC(=O)NCc1ccc(NC(=O)C2CC2)cc1. The van der Waals surface area contributed by atoms with Crippen molar-refractivity contribution in [2.45, 2.75) is 32.7 Å². The van der Waals surface area contributed by atoms with Crippen LogP contribution in [-0.4, -0.2) is 18.9 Å². The van der Waals surface area contributed by atoms with Gasteiger partial charge in [-0.05, 0) is 43.5 Å². The van der Waals surface area contributed by atoms with E-state index in [1.54, 1.807) is 7.11 Å². The molecule has 0 unspecified atom stereocenters. The number of nitrogens with one attached hydrogen (secondary N) is 2. The smallest absolute Gasteiger partial charge is 0.227 e. The number of carbonyl (C=O) groups excluding carboxylic acids is 2. The Morgan fingerprint density at radius 2 is 1.85 bits per heavy atom. The summed E-state index contributed by atoms with van der Waals surface area (Å²) in [4.78, 5) is 24.0. The molecule has 136 valence electrons. The molecule has 3 rings (SSSR count). The lowest BCUT2D eigenvalue weighted by Crippen LogP contribution is -2.24. The van der Waals surface area contributed by atoms with Crippen LogP contribution in [0, 0.1) is 12.8 Å². The van der Waals surface area contributed by atoms with Gasteiger partial charge in [0.1, 0.15) is 5.75 Å². The van der Waals surface area contributed by atoms with E-state index < -0.39 is 0 Å². The maximum absolute atomic E-state index is 12.2. The minimum atomic E-state index is -0.0555. The standard InChI is InChI=1S/C21H24N2O3/c1-14-3-10-19(26-2)17(11-14)12-20(24)22-13-15-4-8-18(9-5-15)23-21(25)16-6-7-16/h3-5,8-11,16H,6-7,12-13H2,1-2H3,(H,22,24)(H,23,25). The van der Waals surface area contributed by atoms with Crippen LogP contribution in [0.15, 0.2) is 42.5 Å². The molecule has 0 saturated heterocycles. The van der Waals surface area contributed by atoms with Gasteiger partial charge in [0.25, 0.3) is 0 Å². The second-order valence-corrected chi connectivity index (χ2v) is 6.73. The molecule has 2 N–H and O–H groups in total. The molecular formula is C21H24N2O3. The van der Waals surface area contributed by atoms with Gasteiger partial charge in [-0.2, -0.15) is 0 Å². The fourth-order valence-corrected chi connectivity index (χ4v) is 2.78. The fraction of sp³-hybridized carbons (Fsp3) is 0.333. The number of hydrogen-bond acceptors (Lipinski definition) is 3. The Morgan fingerprint density at radius 3 is 2.50 bits per heavy atom. The predicted molar refractivity (Wildman–Crippen MR) is 101 cm³/mol. The van der Waals surface area contributed by atoms with Crippen LogP contribution in [0.25, 0.3) is 0 Å². The highest BCUT2D eigenvalue weighted by molar-refractivity contribution is 5.94. The van der Waals surface area contributed by atoms with Crippen LogP contribution in [0.2, 0.25) is 0 Å². The van der Waals surface area contributed by atoms with E-state index in [0.717, 1.165) is 41.0 Å². The first-order chi connectivity index (χ1) is 12.5. The summed E-state index contributed by atoms with van der Waals surface area (Å²) in [5.41, 5.74) is 3.75. The van der Waals surface area contributed by atoms with Crippen molar-refractivity contribution in [3.63, 3.8) is 0 Å². The summed E-state index contributed by atoms with van der Waals surface area (Å²) in [6, 6.07) is 13.4. The molecule has 0 aromatic heterocycles. The summed E-state index contributed by atoms with van der Waals surface area (Å²) >= 11 is 0. The molecular weight excluding hydrogens is 328 g/mol. The Morgan fingerprint density at radius 1 is 1.12 bits per heavy atom. The van der Waals surface area contributed by atoms with Crippen LogP contribution in [0.1, 0.15) is 29.5 Å². The topological polar surface area (TPSA) is 67.4 Å². The molecule has 0 heterocycles. The van der Waals surface area contributed by atoms with Crippen molar-refractivity contribution in [2.75, 3.05) is 12.4 Å². The molecule has 26 heavy (non-hydrogen) atoms. The van der Waals surface area contributed by atoms with Gasteiger partial charge >= 0.3 is 0 Å². The second kappa shape index (κ2) is 8.04. The molecule has 0 bridgehead atoms. The van der Waals surface area contributed by atoms with E-state index in [2.05, 4.69) is 10.6 Å². The first-order valence-corrected chi connectivity index (χ1v) is 8.85. The number of benzene rings is 2. The van der Waals surface area contributed by atoms with E-state index in [1.165, 1.54) is 0 Å².